The summed E-state index contributed by atoms with van der Waals surface area (Å²) in [6, 6.07) is 3.40. The van der Waals surface area contributed by atoms with Gasteiger partial charge in [0, 0.05) is 30.7 Å². The molecule has 2 N–H and O–H groups in total. The van der Waals surface area contributed by atoms with Crippen LogP contribution in [0.3, 0.4) is 0 Å². The molecule has 84 valence electrons. The van der Waals surface area contributed by atoms with Crippen molar-refractivity contribution in [2.45, 2.75) is 6.54 Å². The molecule has 6 nitrogen and oxygen atoms in total. The van der Waals surface area contributed by atoms with E-state index in [9.17, 15) is 4.79 Å². The fourth-order valence-corrected chi connectivity index (χ4v) is 1.50. The summed E-state index contributed by atoms with van der Waals surface area (Å²) in [7, 11) is 1.48. The molecule has 2 heterocycles. The number of pyridine rings is 1. The van der Waals surface area contributed by atoms with E-state index in [2.05, 4.69) is 9.97 Å². The van der Waals surface area contributed by atoms with Crippen LogP contribution in [-0.2, 0) is 6.54 Å². The third kappa shape index (κ3) is 1.74. The van der Waals surface area contributed by atoms with Crippen molar-refractivity contribution in [3.8, 4) is 6.01 Å². The summed E-state index contributed by atoms with van der Waals surface area (Å²) in [5.74, 6) is 0. The van der Waals surface area contributed by atoms with E-state index in [-0.39, 0.29) is 11.6 Å². The Kier molecular flexibility index (Phi) is 2.82. The van der Waals surface area contributed by atoms with Gasteiger partial charge in [-0.2, -0.15) is 4.98 Å². The maximum atomic E-state index is 11.6. The van der Waals surface area contributed by atoms with Crippen LogP contribution in [0.15, 0.2) is 23.1 Å². The van der Waals surface area contributed by atoms with Gasteiger partial charge in [-0.25, -0.2) is 4.98 Å². The normalized spacial score (nSPS) is 10.6. The topological polar surface area (TPSA) is 83.0 Å². The number of nitrogens with zero attached hydrogens (tertiary/aromatic N) is 3. The van der Waals surface area contributed by atoms with Gasteiger partial charge >= 0.3 is 6.01 Å². The van der Waals surface area contributed by atoms with Gasteiger partial charge in [-0.3, -0.25) is 9.36 Å². The Morgan fingerprint density at radius 2 is 2.31 bits per heavy atom. The number of aromatic nitrogens is 3. The SMILES string of the molecule is COc1ncc2ccc(=O)n(CCN)c2n1. The van der Waals surface area contributed by atoms with Crippen LogP contribution in [0.4, 0.5) is 0 Å². The van der Waals surface area contributed by atoms with Gasteiger partial charge in [-0.05, 0) is 6.07 Å². The van der Waals surface area contributed by atoms with Gasteiger partial charge in [-0.15, -0.1) is 0 Å². The third-order valence-electron chi connectivity index (χ3n) is 2.24. The molecule has 0 radical (unpaired) electrons. The van der Waals surface area contributed by atoms with Crippen molar-refractivity contribution in [2.75, 3.05) is 13.7 Å². The quantitative estimate of drug-likeness (QED) is 0.771. The molecule has 0 saturated heterocycles. The van der Waals surface area contributed by atoms with Crippen LogP contribution >= 0.6 is 0 Å². The molecule has 0 atom stereocenters. The van der Waals surface area contributed by atoms with E-state index in [0.717, 1.165) is 5.39 Å². The molecule has 2 rings (SSSR count). The fourth-order valence-electron chi connectivity index (χ4n) is 1.50. The second-order valence-electron chi connectivity index (χ2n) is 3.25. The molecule has 2 aromatic rings. The van der Waals surface area contributed by atoms with Crippen molar-refractivity contribution in [3.05, 3.63) is 28.7 Å². The maximum Gasteiger partial charge on any atom is 0.318 e. The monoisotopic (exact) mass is 220 g/mol. The maximum absolute atomic E-state index is 11.6. The van der Waals surface area contributed by atoms with E-state index in [1.54, 1.807) is 12.3 Å². The van der Waals surface area contributed by atoms with Gasteiger partial charge in [-0.1, -0.05) is 0 Å². The van der Waals surface area contributed by atoms with Crippen LogP contribution < -0.4 is 16.0 Å². The Balaban J connectivity index is 2.72. The van der Waals surface area contributed by atoms with E-state index in [4.69, 9.17) is 10.5 Å². The highest BCUT2D eigenvalue weighted by molar-refractivity contribution is 5.74. The molecule has 16 heavy (non-hydrogen) atoms. The van der Waals surface area contributed by atoms with Crippen LogP contribution in [0.2, 0.25) is 0 Å². The van der Waals surface area contributed by atoms with Crippen LogP contribution in [0, 0.1) is 0 Å². The first-order valence-electron chi connectivity index (χ1n) is 4.87. The van der Waals surface area contributed by atoms with E-state index >= 15 is 0 Å². The van der Waals surface area contributed by atoms with Crippen LogP contribution in [0.5, 0.6) is 6.01 Å². The largest absolute Gasteiger partial charge is 0.467 e. The summed E-state index contributed by atoms with van der Waals surface area (Å²) in [6.07, 6.45) is 1.62. The summed E-state index contributed by atoms with van der Waals surface area (Å²) in [4.78, 5) is 19.8. The van der Waals surface area contributed by atoms with Crippen molar-refractivity contribution in [1.29, 1.82) is 0 Å². The first-order valence-corrected chi connectivity index (χ1v) is 4.87. The zero-order valence-electron chi connectivity index (χ0n) is 8.88. The Bertz CT molecular complexity index is 564. The number of rotatable bonds is 3. The van der Waals surface area contributed by atoms with Crippen molar-refractivity contribution in [3.63, 3.8) is 0 Å². The molecule has 0 aliphatic carbocycles. The van der Waals surface area contributed by atoms with E-state index in [0.29, 0.717) is 18.7 Å². The zero-order valence-corrected chi connectivity index (χ0v) is 8.88. The van der Waals surface area contributed by atoms with Gasteiger partial charge in [0.15, 0.2) is 0 Å². The number of hydrogen-bond donors (Lipinski definition) is 1. The number of nitrogens with two attached hydrogens (primary N) is 1. The highest BCUT2D eigenvalue weighted by Crippen LogP contribution is 2.11. The molecule has 0 aromatic carbocycles. The summed E-state index contributed by atoms with van der Waals surface area (Å²) in [5, 5.41) is 0.786. The van der Waals surface area contributed by atoms with Crippen molar-refractivity contribution in [2.24, 2.45) is 5.73 Å². The second kappa shape index (κ2) is 4.28. The second-order valence-corrected chi connectivity index (χ2v) is 3.25. The fraction of sp³-hybridized carbons (Fsp3) is 0.300. The van der Waals surface area contributed by atoms with Crippen molar-refractivity contribution in [1.82, 2.24) is 14.5 Å². The Morgan fingerprint density at radius 1 is 1.50 bits per heavy atom. The lowest BCUT2D eigenvalue weighted by atomic mass is 10.3. The molecule has 0 amide bonds. The van der Waals surface area contributed by atoms with Gasteiger partial charge in [0.05, 0.1) is 7.11 Å². The molecular formula is C10H12N4O2. The number of ether oxygens (including phenoxy) is 1. The van der Waals surface area contributed by atoms with Gasteiger partial charge in [0.2, 0.25) is 0 Å². The summed E-state index contributed by atoms with van der Waals surface area (Å²) < 4.78 is 6.44. The summed E-state index contributed by atoms with van der Waals surface area (Å²) in [5.41, 5.74) is 5.88. The first kappa shape index (κ1) is 10.6. The minimum Gasteiger partial charge on any atom is -0.467 e. The molecule has 0 unspecified atom stereocenters. The molecule has 6 heteroatoms. The zero-order chi connectivity index (χ0) is 11.5. The standard InChI is InChI=1S/C10H12N4O2/c1-16-10-12-6-7-2-3-8(15)14(5-4-11)9(7)13-10/h2-3,6H,4-5,11H2,1H3. The van der Waals surface area contributed by atoms with Gasteiger partial charge in [0.25, 0.3) is 5.56 Å². The van der Waals surface area contributed by atoms with E-state index in [1.165, 1.54) is 17.7 Å². The summed E-state index contributed by atoms with van der Waals surface area (Å²) >= 11 is 0. The van der Waals surface area contributed by atoms with Gasteiger partial charge in [0.1, 0.15) is 5.65 Å². The molecule has 2 aromatic heterocycles. The van der Waals surface area contributed by atoms with Gasteiger partial charge < -0.3 is 10.5 Å². The lowest BCUT2D eigenvalue weighted by molar-refractivity contribution is 0.381. The highest BCUT2D eigenvalue weighted by Gasteiger charge is 2.05. The average molecular weight is 220 g/mol. The lowest BCUT2D eigenvalue weighted by Crippen LogP contribution is -2.24. The van der Waals surface area contributed by atoms with Crippen molar-refractivity contribution >= 4 is 11.0 Å². The molecular weight excluding hydrogens is 208 g/mol. The molecule has 0 saturated carbocycles. The average Bonchev–Trinajstić information content (AvgIpc) is 2.32. The molecule has 0 fully saturated rings. The predicted octanol–water partition coefficient (Wildman–Crippen LogP) is -0.241. The van der Waals surface area contributed by atoms with Crippen molar-refractivity contribution < 1.29 is 4.74 Å². The minimum absolute atomic E-state index is 0.126. The first-order chi connectivity index (χ1) is 7.76. The number of hydrogen-bond acceptors (Lipinski definition) is 5. The number of fused-ring (bicyclic) bond motifs is 1. The summed E-state index contributed by atoms with van der Waals surface area (Å²) in [6.45, 7) is 0.807. The third-order valence-corrected chi connectivity index (χ3v) is 2.24. The smallest absolute Gasteiger partial charge is 0.318 e. The predicted molar refractivity (Wildman–Crippen MR) is 59.4 cm³/mol. The van der Waals surface area contributed by atoms with Crippen LogP contribution in [-0.4, -0.2) is 28.2 Å². The van der Waals surface area contributed by atoms with E-state index < -0.39 is 0 Å². The number of methoxy groups -OCH3 is 1. The van der Waals surface area contributed by atoms with E-state index in [1.807, 2.05) is 0 Å². The molecule has 0 aliphatic rings. The molecule has 0 aliphatic heterocycles. The lowest BCUT2D eigenvalue weighted by Gasteiger charge is -2.07. The minimum atomic E-state index is -0.126. The Hall–Kier alpha value is -1.95. The molecule has 0 spiro atoms. The van der Waals surface area contributed by atoms with Crippen LogP contribution in [0.1, 0.15) is 0 Å². The Morgan fingerprint density at radius 3 is 3.00 bits per heavy atom. The Labute approximate surface area is 91.7 Å². The highest BCUT2D eigenvalue weighted by atomic mass is 16.5. The molecule has 0 bridgehead atoms. The van der Waals surface area contributed by atoms with Crippen LogP contribution in [0.25, 0.3) is 11.0 Å².